The molecule has 0 bridgehead atoms. The molecule has 0 aliphatic carbocycles. The van der Waals surface area contributed by atoms with E-state index in [0.29, 0.717) is 41.0 Å². The van der Waals surface area contributed by atoms with E-state index in [9.17, 15) is 13.2 Å². The molecule has 0 saturated carbocycles. The fourth-order valence-corrected chi connectivity index (χ4v) is 4.50. The number of nitrogens with one attached hydrogen (secondary N) is 2. The molecule has 0 atom stereocenters. The first-order chi connectivity index (χ1) is 14.3. The van der Waals surface area contributed by atoms with Crippen molar-refractivity contribution < 1.29 is 22.7 Å². The summed E-state index contributed by atoms with van der Waals surface area (Å²) >= 11 is 5.98. The van der Waals surface area contributed by atoms with E-state index in [0.717, 1.165) is 0 Å². The number of sulfonamides is 1. The standard InChI is InChI=1S/C20H26ClN3O5S/c1-5-24(6-2)30(26,27)15-8-10-18(28-3)16(12-15)22-13-20(25)23-17-11-14(21)7-9-19(17)29-4/h7-12,22H,5-6,13H2,1-4H3,(H,23,25). The van der Waals surface area contributed by atoms with Crippen molar-refractivity contribution in [2.24, 2.45) is 0 Å². The summed E-state index contributed by atoms with van der Waals surface area (Å²) in [6.45, 7) is 4.15. The SMILES string of the molecule is CCN(CC)S(=O)(=O)c1ccc(OC)c(NCC(=O)Nc2cc(Cl)ccc2OC)c1. The topological polar surface area (TPSA) is 97.0 Å². The number of rotatable bonds is 10. The molecule has 0 spiro atoms. The summed E-state index contributed by atoms with van der Waals surface area (Å²) in [6, 6.07) is 9.37. The third kappa shape index (κ3) is 5.56. The zero-order valence-electron chi connectivity index (χ0n) is 17.4. The number of ether oxygens (including phenoxy) is 2. The Kier molecular flexibility index (Phi) is 8.33. The van der Waals surface area contributed by atoms with Crippen LogP contribution in [0.25, 0.3) is 0 Å². The van der Waals surface area contributed by atoms with Crippen molar-refractivity contribution in [1.29, 1.82) is 0 Å². The van der Waals surface area contributed by atoms with Gasteiger partial charge in [-0.1, -0.05) is 25.4 Å². The van der Waals surface area contributed by atoms with Crippen LogP contribution in [0.1, 0.15) is 13.8 Å². The minimum atomic E-state index is -3.64. The van der Waals surface area contributed by atoms with Gasteiger partial charge in [-0.25, -0.2) is 8.42 Å². The van der Waals surface area contributed by atoms with Gasteiger partial charge in [0.05, 0.1) is 37.0 Å². The molecule has 0 aliphatic heterocycles. The third-order valence-electron chi connectivity index (χ3n) is 4.39. The number of nitrogens with zero attached hydrogens (tertiary/aromatic N) is 1. The lowest BCUT2D eigenvalue weighted by atomic mass is 10.2. The molecule has 8 nitrogen and oxygen atoms in total. The van der Waals surface area contributed by atoms with Crippen molar-refractivity contribution in [1.82, 2.24) is 4.31 Å². The van der Waals surface area contributed by atoms with Crippen molar-refractivity contribution in [3.63, 3.8) is 0 Å². The summed E-state index contributed by atoms with van der Waals surface area (Å²) in [7, 11) is -0.685. The van der Waals surface area contributed by atoms with Crippen molar-refractivity contribution in [2.45, 2.75) is 18.7 Å². The maximum Gasteiger partial charge on any atom is 0.243 e. The molecule has 2 rings (SSSR count). The number of carbonyl (C=O) groups is 1. The molecule has 0 fully saturated rings. The van der Waals surface area contributed by atoms with Crippen molar-refractivity contribution >= 4 is 38.9 Å². The van der Waals surface area contributed by atoms with Crippen molar-refractivity contribution in [3.05, 3.63) is 41.4 Å². The second-order valence-electron chi connectivity index (χ2n) is 6.20. The van der Waals surface area contributed by atoms with Gasteiger partial charge in [0, 0.05) is 18.1 Å². The second-order valence-corrected chi connectivity index (χ2v) is 8.57. The molecular weight excluding hydrogens is 430 g/mol. The van der Waals surface area contributed by atoms with E-state index in [1.54, 1.807) is 38.1 Å². The minimum absolute atomic E-state index is 0.117. The summed E-state index contributed by atoms with van der Waals surface area (Å²) < 4.78 is 37.4. The van der Waals surface area contributed by atoms with Crippen LogP contribution in [-0.4, -0.2) is 52.5 Å². The maximum absolute atomic E-state index is 12.8. The average molecular weight is 456 g/mol. The van der Waals surface area contributed by atoms with Gasteiger partial charge in [0.15, 0.2) is 0 Å². The van der Waals surface area contributed by atoms with E-state index in [1.165, 1.54) is 30.7 Å². The smallest absolute Gasteiger partial charge is 0.243 e. The van der Waals surface area contributed by atoms with E-state index < -0.39 is 10.0 Å². The molecule has 2 aromatic rings. The Bertz CT molecular complexity index is 994. The summed E-state index contributed by atoms with van der Waals surface area (Å²) in [5.41, 5.74) is 0.820. The molecule has 2 N–H and O–H groups in total. The molecule has 0 saturated heterocycles. The monoisotopic (exact) mass is 455 g/mol. The summed E-state index contributed by atoms with van der Waals surface area (Å²) in [5, 5.41) is 6.10. The number of halogens is 1. The van der Waals surface area contributed by atoms with Crippen LogP contribution >= 0.6 is 11.6 Å². The molecule has 0 aliphatic rings. The van der Waals surface area contributed by atoms with Crippen LogP contribution in [0.3, 0.4) is 0 Å². The van der Waals surface area contributed by atoms with Crippen LogP contribution in [-0.2, 0) is 14.8 Å². The fraction of sp³-hybridized carbons (Fsp3) is 0.350. The molecule has 2 aromatic carbocycles. The molecular formula is C20H26ClN3O5S. The predicted octanol–water partition coefficient (Wildman–Crippen LogP) is 3.44. The van der Waals surface area contributed by atoms with E-state index in [2.05, 4.69) is 10.6 Å². The zero-order valence-corrected chi connectivity index (χ0v) is 18.9. The molecule has 30 heavy (non-hydrogen) atoms. The van der Waals surface area contributed by atoms with Crippen molar-refractivity contribution in [2.75, 3.05) is 44.5 Å². The van der Waals surface area contributed by atoms with E-state index in [1.807, 2.05) is 0 Å². The highest BCUT2D eigenvalue weighted by molar-refractivity contribution is 7.89. The van der Waals surface area contributed by atoms with Gasteiger partial charge in [-0.3, -0.25) is 4.79 Å². The van der Waals surface area contributed by atoms with Crippen LogP contribution in [0.15, 0.2) is 41.3 Å². The van der Waals surface area contributed by atoms with Gasteiger partial charge >= 0.3 is 0 Å². The Morgan fingerprint density at radius 3 is 2.20 bits per heavy atom. The number of hydrogen-bond acceptors (Lipinski definition) is 6. The quantitative estimate of drug-likeness (QED) is 0.569. The van der Waals surface area contributed by atoms with Crippen LogP contribution in [0.5, 0.6) is 11.5 Å². The molecule has 0 heterocycles. The maximum atomic E-state index is 12.8. The Labute approximate surface area is 182 Å². The van der Waals surface area contributed by atoms with Crippen LogP contribution in [0.2, 0.25) is 5.02 Å². The highest BCUT2D eigenvalue weighted by Gasteiger charge is 2.23. The highest BCUT2D eigenvalue weighted by Crippen LogP contribution is 2.30. The minimum Gasteiger partial charge on any atom is -0.495 e. The molecule has 0 radical (unpaired) electrons. The molecule has 0 unspecified atom stereocenters. The molecule has 10 heteroatoms. The summed E-state index contributed by atoms with van der Waals surface area (Å²) in [6.07, 6.45) is 0. The third-order valence-corrected chi connectivity index (χ3v) is 6.67. The normalized spacial score (nSPS) is 11.3. The highest BCUT2D eigenvalue weighted by atomic mass is 35.5. The lowest BCUT2D eigenvalue weighted by Gasteiger charge is -2.20. The number of hydrogen-bond donors (Lipinski definition) is 2. The Hall–Kier alpha value is -2.49. The first kappa shape index (κ1) is 23.8. The second kappa shape index (κ2) is 10.5. The number of anilines is 2. The Morgan fingerprint density at radius 1 is 1.00 bits per heavy atom. The lowest BCUT2D eigenvalue weighted by molar-refractivity contribution is -0.114. The zero-order chi connectivity index (χ0) is 22.3. The Morgan fingerprint density at radius 2 is 1.60 bits per heavy atom. The summed E-state index contributed by atoms with van der Waals surface area (Å²) in [4.78, 5) is 12.5. The van der Waals surface area contributed by atoms with E-state index in [-0.39, 0.29) is 17.3 Å². The molecule has 0 aromatic heterocycles. The van der Waals surface area contributed by atoms with Gasteiger partial charge in [-0.15, -0.1) is 0 Å². The van der Waals surface area contributed by atoms with Gasteiger partial charge in [-0.05, 0) is 36.4 Å². The first-order valence-electron chi connectivity index (χ1n) is 9.32. The van der Waals surface area contributed by atoms with Crippen LogP contribution < -0.4 is 20.1 Å². The van der Waals surface area contributed by atoms with Gasteiger partial charge in [0.2, 0.25) is 15.9 Å². The molecule has 164 valence electrons. The summed E-state index contributed by atoms with van der Waals surface area (Å²) in [5.74, 6) is 0.522. The van der Waals surface area contributed by atoms with Gasteiger partial charge in [0.25, 0.3) is 0 Å². The van der Waals surface area contributed by atoms with Gasteiger partial charge in [0.1, 0.15) is 11.5 Å². The largest absolute Gasteiger partial charge is 0.495 e. The number of benzene rings is 2. The molecule has 1 amide bonds. The van der Waals surface area contributed by atoms with Gasteiger partial charge < -0.3 is 20.1 Å². The number of amides is 1. The lowest BCUT2D eigenvalue weighted by Crippen LogP contribution is -2.30. The number of carbonyl (C=O) groups excluding carboxylic acids is 1. The average Bonchev–Trinajstić information content (AvgIpc) is 2.72. The first-order valence-corrected chi connectivity index (χ1v) is 11.1. The fourth-order valence-electron chi connectivity index (χ4n) is 2.85. The predicted molar refractivity (Wildman–Crippen MR) is 118 cm³/mol. The number of methoxy groups -OCH3 is 2. The Balaban J connectivity index is 2.20. The van der Waals surface area contributed by atoms with Crippen LogP contribution in [0.4, 0.5) is 11.4 Å². The van der Waals surface area contributed by atoms with Gasteiger partial charge in [-0.2, -0.15) is 4.31 Å². The van der Waals surface area contributed by atoms with E-state index >= 15 is 0 Å². The van der Waals surface area contributed by atoms with Crippen LogP contribution in [0, 0.1) is 0 Å². The van der Waals surface area contributed by atoms with E-state index in [4.69, 9.17) is 21.1 Å². The van der Waals surface area contributed by atoms with Crippen molar-refractivity contribution in [3.8, 4) is 11.5 Å².